The van der Waals surface area contributed by atoms with Gasteiger partial charge in [0.1, 0.15) is 0 Å². The first-order chi connectivity index (χ1) is 9.79. The number of aliphatic hydroxyl groups is 1. The van der Waals surface area contributed by atoms with Gasteiger partial charge in [-0.2, -0.15) is 0 Å². The second-order valence-corrected chi connectivity index (χ2v) is 6.39. The lowest BCUT2D eigenvalue weighted by atomic mass is 9.99. The number of likely N-dealkylation sites (tertiary alicyclic amines) is 1. The van der Waals surface area contributed by atoms with Gasteiger partial charge in [-0.3, -0.25) is 9.69 Å². The fourth-order valence-corrected chi connectivity index (χ4v) is 3.63. The number of amides is 1. The maximum Gasteiger partial charge on any atom is 0.234 e. The molecule has 1 saturated carbocycles. The van der Waals surface area contributed by atoms with Crippen LogP contribution < -0.4 is 5.32 Å². The van der Waals surface area contributed by atoms with E-state index in [-0.39, 0.29) is 12.5 Å². The Balaban J connectivity index is 1.76. The summed E-state index contributed by atoms with van der Waals surface area (Å²) in [5.74, 6) is 0.182. The van der Waals surface area contributed by atoms with Crippen LogP contribution in [0.4, 0.5) is 0 Å². The molecule has 2 fully saturated rings. The largest absolute Gasteiger partial charge is 0.396 e. The van der Waals surface area contributed by atoms with Crippen molar-refractivity contribution in [1.82, 2.24) is 10.2 Å². The zero-order valence-corrected chi connectivity index (χ0v) is 12.6. The third-order valence-corrected chi connectivity index (χ3v) is 4.78. The third kappa shape index (κ3) is 5.06. The number of hydrogen-bond acceptors (Lipinski definition) is 3. The Morgan fingerprint density at radius 1 is 1.05 bits per heavy atom. The Morgan fingerprint density at radius 2 is 1.75 bits per heavy atom. The minimum Gasteiger partial charge on any atom is -0.396 e. The van der Waals surface area contributed by atoms with Gasteiger partial charge in [0.25, 0.3) is 0 Å². The number of aliphatic hydroxyl groups excluding tert-OH is 1. The molecule has 0 spiro atoms. The zero-order chi connectivity index (χ0) is 14.2. The molecule has 2 N–H and O–H groups in total. The van der Waals surface area contributed by atoms with Gasteiger partial charge in [0, 0.05) is 18.7 Å². The van der Waals surface area contributed by atoms with E-state index in [1.165, 1.54) is 38.5 Å². The zero-order valence-electron chi connectivity index (χ0n) is 12.6. The molecule has 4 heteroatoms. The normalized spacial score (nSPS) is 26.1. The summed E-state index contributed by atoms with van der Waals surface area (Å²) < 4.78 is 0. The number of carbonyl (C=O) groups excluding carboxylic acids is 1. The lowest BCUT2D eigenvalue weighted by Crippen LogP contribution is -2.47. The van der Waals surface area contributed by atoms with Gasteiger partial charge in [-0.25, -0.2) is 0 Å². The molecule has 0 bridgehead atoms. The van der Waals surface area contributed by atoms with Crippen LogP contribution in [-0.2, 0) is 4.79 Å². The van der Waals surface area contributed by atoms with E-state index in [0.717, 1.165) is 32.2 Å². The molecule has 1 saturated heterocycles. The molecule has 1 aliphatic carbocycles. The van der Waals surface area contributed by atoms with Crippen LogP contribution in [0.5, 0.6) is 0 Å². The van der Waals surface area contributed by atoms with Crippen LogP contribution >= 0.6 is 0 Å². The number of rotatable bonds is 5. The summed E-state index contributed by atoms with van der Waals surface area (Å²) in [6.45, 7) is 1.75. The molecule has 1 amide bonds. The SMILES string of the molecule is O=C(CN1CCCCC1CCO)NC1CCCCCC1. The first kappa shape index (κ1) is 15.8. The highest BCUT2D eigenvalue weighted by atomic mass is 16.3. The van der Waals surface area contributed by atoms with E-state index in [9.17, 15) is 4.79 Å². The number of hydrogen-bond donors (Lipinski definition) is 2. The average Bonchev–Trinajstić information content (AvgIpc) is 2.70. The molecule has 1 heterocycles. The van der Waals surface area contributed by atoms with E-state index in [4.69, 9.17) is 5.11 Å². The van der Waals surface area contributed by atoms with E-state index >= 15 is 0 Å². The van der Waals surface area contributed by atoms with E-state index in [0.29, 0.717) is 18.6 Å². The Kier molecular flexibility index (Phi) is 6.80. The van der Waals surface area contributed by atoms with Crippen LogP contribution in [0.2, 0.25) is 0 Å². The highest BCUT2D eigenvalue weighted by Gasteiger charge is 2.24. The molecule has 0 aromatic carbocycles. The van der Waals surface area contributed by atoms with E-state index in [1.54, 1.807) is 0 Å². The molecule has 0 aromatic heterocycles. The Hall–Kier alpha value is -0.610. The summed E-state index contributed by atoms with van der Waals surface area (Å²) in [5, 5.41) is 12.4. The topological polar surface area (TPSA) is 52.6 Å². The fraction of sp³-hybridized carbons (Fsp3) is 0.938. The van der Waals surface area contributed by atoms with Crippen LogP contribution in [0, 0.1) is 0 Å². The molecule has 2 rings (SSSR count). The van der Waals surface area contributed by atoms with Gasteiger partial charge >= 0.3 is 0 Å². The van der Waals surface area contributed by atoms with Crippen LogP contribution in [0.3, 0.4) is 0 Å². The fourth-order valence-electron chi connectivity index (χ4n) is 3.63. The van der Waals surface area contributed by atoms with Crippen molar-refractivity contribution in [3.05, 3.63) is 0 Å². The Bertz CT molecular complexity index is 286. The van der Waals surface area contributed by atoms with Crippen molar-refractivity contribution in [2.24, 2.45) is 0 Å². The predicted molar refractivity (Wildman–Crippen MR) is 80.5 cm³/mol. The van der Waals surface area contributed by atoms with Gasteiger partial charge in [-0.15, -0.1) is 0 Å². The van der Waals surface area contributed by atoms with Gasteiger partial charge in [-0.05, 0) is 38.6 Å². The molecule has 4 nitrogen and oxygen atoms in total. The van der Waals surface area contributed by atoms with Crippen LogP contribution in [-0.4, -0.2) is 47.7 Å². The van der Waals surface area contributed by atoms with Gasteiger partial charge < -0.3 is 10.4 Å². The van der Waals surface area contributed by atoms with Gasteiger partial charge in [0.15, 0.2) is 0 Å². The second-order valence-electron chi connectivity index (χ2n) is 6.39. The summed E-state index contributed by atoms with van der Waals surface area (Å²) in [4.78, 5) is 14.5. The molecule has 1 aliphatic heterocycles. The van der Waals surface area contributed by atoms with Gasteiger partial charge in [0.2, 0.25) is 5.91 Å². The highest BCUT2D eigenvalue weighted by molar-refractivity contribution is 5.78. The molecule has 0 radical (unpaired) electrons. The quantitative estimate of drug-likeness (QED) is 0.759. The number of piperidine rings is 1. The highest BCUT2D eigenvalue weighted by Crippen LogP contribution is 2.20. The predicted octanol–water partition coefficient (Wildman–Crippen LogP) is 2.06. The van der Waals surface area contributed by atoms with Crippen LogP contribution in [0.15, 0.2) is 0 Å². The molecular weight excluding hydrogens is 252 g/mol. The van der Waals surface area contributed by atoms with Crippen molar-refractivity contribution in [1.29, 1.82) is 0 Å². The van der Waals surface area contributed by atoms with Gasteiger partial charge in [-0.1, -0.05) is 32.1 Å². The average molecular weight is 282 g/mol. The maximum atomic E-state index is 12.2. The van der Waals surface area contributed by atoms with E-state index < -0.39 is 0 Å². The van der Waals surface area contributed by atoms with Crippen molar-refractivity contribution in [2.45, 2.75) is 76.3 Å². The van der Waals surface area contributed by atoms with Crippen molar-refractivity contribution in [3.8, 4) is 0 Å². The molecule has 116 valence electrons. The van der Waals surface area contributed by atoms with Crippen molar-refractivity contribution in [2.75, 3.05) is 19.7 Å². The Labute approximate surface area is 122 Å². The maximum absolute atomic E-state index is 12.2. The lowest BCUT2D eigenvalue weighted by molar-refractivity contribution is -0.124. The molecule has 20 heavy (non-hydrogen) atoms. The molecule has 2 aliphatic rings. The molecule has 0 aromatic rings. The summed E-state index contributed by atoms with van der Waals surface area (Å²) in [6, 6.07) is 0.791. The summed E-state index contributed by atoms with van der Waals surface area (Å²) >= 11 is 0. The van der Waals surface area contributed by atoms with Crippen LogP contribution in [0.25, 0.3) is 0 Å². The molecule has 1 atom stereocenters. The standard InChI is InChI=1S/C16H30N2O2/c19-12-10-15-9-5-6-11-18(15)13-16(20)17-14-7-3-1-2-4-8-14/h14-15,19H,1-13H2,(H,17,20). The third-order valence-electron chi connectivity index (χ3n) is 4.78. The number of nitrogens with zero attached hydrogens (tertiary/aromatic N) is 1. The number of carbonyl (C=O) groups is 1. The van der Waals surface area contributed by atoms with Crippen LogP contribution in [0.1, 0.15) is 64.2 Å². The first-order valence-electron chi connectivity index (χ1n) is 8.44. The smallest absolute Gasteiger partial charge is 0.234 e. The van der Waals surface area contributed by atoms with Crippen molar-refractivity contribution in [3.63, 3.8) is 0 Å². The molecule has 1 unspecified atom stereocenters. The van der Waals surface area contributed by atoms with Crippen molar-refractivity contribution >= 4 is 5.91 Å². The Morgan fingerprint density at radius 3 is 2.45 bits per heavy atom. The number of nitrogens with one attached hydrogen (secondary N) is 1. The molecular formula is C16H30N2O2. The second kappa shape index (κ2) is 8.63. The lowest BCUT2D eigenvalue weighted by Gasteiger charge is -2.35. The summed E-state index contributed by atoms with van der Waals surface area (Å²) in [6.07, 6.45) is 11.8. The monoisotopic (exact) mass is 282 g/mol. The minimum atomic E-state index is 0.182. The first-order valence-corrected chi connectivity index (χ1v) is 8.44. The van der Waals surface area contributed by atoms with Gasteiger partial charge in [0.05, 0.1) is 6.54 Å². The summed E-state index contributed by atoms with van der Waals surface area (Å²) in [7, 11) is 0. The van der Waals surface area contributed by atoms with E-state index in [2.05, 4.69) is 10.2 Å². The minimum absolute atomic E-state index is 0.182. The van der Waals surface area contributed by atoms with E-state index in [1.807, 2.05) is 0 Å². The summed E-state index contributed by atoms with van der Waals surface area (Å²) in [5.41, 5.74) is 0. The van der Waals surface area contributed by atoms with Crippen molar-refractivity contribution < 1.29 is 9.90 Å².